The fraction of sp³-hybridized carbons (Fsp3) is 0.722. The van der Waals surface area contributed by atoms with Crippen molar-refractivity contribution >= 4 is 5.91 Å². The van der Waals surface area contributed by atoms with Crippen LogP contribution < -0.4 is 5.32 Å². The molecule has 3 rings (SSSR count). The smallest absolute Gasteiger partial charge is 0.253 e. The Morgan fingerprint density at radius 3 is 2.78 bits per heavy atom. The number of carbonyl (C=O) groups is 1. The number of hydrogen-bond acceptors (Lipinski definition) is 3. The lowest BCUT2D eigenvalue weighted by molar-refractivity contribution is -0.0819. The Labute approximate surface area is 138 Å². The van der Waals surface area contributed by atoms with Crippen molar-refractivity contribution in [2.24, 2.45) is 13.0 Å². The quantitative estimate of drug-likeness (QED) is 0.906. The summed E-state index contributed by atoms with van der Waals surface area (Å²) in [5.74, 6) is 0.697. The maximum absolute atomic E-state index is 12.6. The van der Waals surface area contributed by atoms with Crippen molar-refractivity contribution in [2.75, 3.05) is 19.8 Å². The number of amides is 1. The first-order valence-corrected chi connectivity index (χ1v) is 8.69. The van der Waals surface area contributed by atoms with E-state index in [1.165, 1.54) is 19.3 Å². The van der Waals surface area contributed by atoms with Crippen molar-refractivity contribution in [1.29, 1.82) is 0 Å². The summed E-state index contributed by atoms with van der Waals surface area (Å²) in [6.45, 7) is 6.05. The molecule has 1 N–H and O–H groups in total. The van der Waals surface area contributed by atoms with Gasteiger partial charge in [-0.1, -0.05) is 6.42 Å². The Morgan fingerprint density at radius 1 is 1.39 bits per heavy atom. The maximum Gasteiger partial charge on any atom is 0.253 e. The summed E-state index contributed by atoms with van der Waals surface area (Å²) in [4.78, 5) is 12.6. The van der Waals surface area contributed by atoms with Crippen LogP contribution in [0.15, 0.2) is 6.07 Å². The standard InChI is InChI=1S/C18H28N2O3/c1-12-9-15(13(2)20(12)3)18(21)19-16-7-8-22-11-17(16)23-10-14-5-4-6-14/h9,14,16-17H,4-8,10-11H2,1-3H3,(H,19,21)/t16-,17-/m1/s1. The van der Waals surface area contributed by atoms with Crippen molar-refractivity contribution in [3.8, 4) is 0 Å². The largest absolute Gasteiger partial charge is 0.379 e. The summed E-state index contributed by atoms with van der Waals surface area (Å²) in [6.07, 6.45) is 4.65. The van der Waals surface area contributed by atoms with E-state index in [9.17, 15) is 4.79 Å². The lowest BCUT2D eigenvalue weighted by atomic mass is 9.86. The van der Waals surface area contributed by atoms with Gasteiger partial charge in [0, 0.05) is 31.6 Å². The molecule has 5 nitrogen and oxygen atoms in total. The molecule has 0 radical (unpaired) electrons. The van der Waals surface area contributed by atoms with E-state index in [0.717, 1.165) is 30.0 Å². The van der Waals surface area contributed by atoms with Crippen LogP contribution >= 0.6 is 0 Å². The van der Waals surface area contributed by atoms with Gasteiger partial charge < -0.3 is 19.4 Å². The second kappa shape index (κ2) is 7.05. The van der Waals surface area contributed by atoms with Gasteiger partial charge in [0.2, 0.25) is 0 Å². The molecule has 2 aliphatic rings. The third-order valence-electron chi connectivity index (χ3n) is 5.41. The monoisotopic (exact) mass is 320 g/mol. The molecular formula is C18H28N2O3. The summed E-state index contributed by atoms with van der Waals surface area (Å²) in [5.41, 5.74) is 2.85. The van der Waals surface area contributed by atoms with Gasteiger partial charge in [-0.3, -0.25) is 4.79 Å². The zero-order valence-electron chi connectivity index (χ0n) is 14.4. The van der Waals surface area contributed by atoms with Gasteiger partial charge in [-0.25, -0.2) is 0 Å². The predicted octanol–water partition coefficient (Wildman–Crippen LogP) is 2.35. The van der Waals surface area contributed by atoms with Gasteiger partial charge in [-0.2, -0.15) is 0 Å². The van der Waals surface area contributed by atoms with Crippen molar-refractivity contribution in [3.05, 3.63) is 23.0 Å². The molecule has 0 aromatic carbocycles. The average molecular weight is 320 g/mol. The molecule has 1 saturated heterocycles. The molecule has 1 aromatic heterocycles. The number of nitrogens with one attached hydrogen (secondary N) is 1. The number of carbonyl (C=O) groups excluding carboxylic acids is 1. The number of aryl methyl sites for hydroxylation is 1. The molecule has 5 heteroatoms. The van der Waals surface area contributed by atoms with Crippen molar-refractivity contribution < 1.29 is 14.3 Å². The van der Waals surface area contributed by atoms with E-state index in [1.54, 1.807) is 0 Å². The number of nitrogens with zero attached hydrogens (tertiary/aromatic N) is 1. The molecular weight excluding hydrogens is 292 g/mol. The third-order valence-corrected chi connectivity index (χ3v) is 5.41. The Morgan fingerprint density at radius 2 is 2.17 bits per heavy atom. The van der Waals surface area contributed by atoms with Crippen LogP contribution in [0.5, 0.6) is 0 Å². The van der Waals surface area contributed by atoms with Crippen LogP contribution in [-0.2, 0) is 16.5 Å². The van der Waals surface area contributed by atoms with E-state index in [2.05, 4.69) is 5.32 Å². The summed E-state index contributed by atoms with van der Waals surface area (Å²) in [6, 6.07) is 1.99. The molecule has 1 amide bonds. The fourth-order valence-corrected chi connectivity index (χ4v) is 3.29. The average Bonchev–Trinajstić information content (AvgIpc) is 2.75. The van der Waals surface area contributed by atoms with E-state index in [-0.39, 0.29) is 18.1 Å². The molecule has 1 saturated carbocycles. The van der Waals surface area contributed by atoms with Crippen LogP contribution in [0, 0.1) is 19.8 Å². The van der Waals surface area contributed by atoms with E-state index in [0.29, 0.717) is 19.1 Å². The highest BCUT2D eigenvalue weighted by atomic mass is 16.5. The number of hydrogen-bond donors (Lipinski definition) is 1. The topological polar surface area (TPSA) is 52.5 Å². The molecule has 1 aliphatic carbocycles. The summed E-state index contributed by atoms with van der Waals surface area (Å²) >= 11 is 0. The van der Waals surface area contributed by atoms with Crippen molar-refractivity contribution in [1.82, 2.24) is 9.88 Å². The minimum Gasteiger partial charge on any atom is -0.379 e. The SMILES string of the molecule is Cc1cc(C(=O)N[C@@H]2CCOC[C@H]2OCC2CCC2)c(C)n1C. The molecule has 0 bridgehead atoms. The molecule has 0 unspecified atom stereocenters. The molecule has 1 aromatic rings. The highest BCUT2D eigenvalue weighted by molar-refractivity contribution is 5.95. The van der Waals surface area contributed by atoms with Crippen LogP contribution in [0.2, 0.25) is 0 Å². The molecule has 23 heavy (non-hydrogen) atoms. The van der Waals surface area contributed by atoms with Crippen LogP contribution in [-0.4, -0.2) is 42.4 Å². The highest BCUT2D eigenvalue weighted by Crippen LogP contribution is 2.27. The fourth-order valence-electron chi connectivity index (χ4n) is 3.29. The van der Waals surface area contributed by atoms with Gasteiger partial charge in [0.05, 0.1) is 18.2 Å². The second-order valence-electron chi connectivity index (χ2n) is 6.96. The van der Waals surface area contributed by atoms with Crippen LogP contribution in [0.25, 0.3) is 0 Å². The first-order chi connectivity index (χ1) is 11.1. The molecule has 1 aliphatic heterocycles. The van der Waals surface area contributed by atoms with Gasteiger partial charge in [0.1, 0.15) is 6.10 Å². The van der Waals surface area contributed by atoms with Crippen molar-refractivity contribution in [3.63, 3.8) is 0 Å². The minimum absolute atomic E-state index is 0.00431. The Kier molecular flexibility index (Phi) is 5.07. The highest BCUT2D eigenvalue weighted by Gasteiger charge is 2.30. The summed E-state index contributed by atoms with van der Waals surface area (Å²) in [7, 11) is 1.99. The lowest BCUT2D eigenvalue weighted by Gasteiger charge is -2.34. The second-order valence-corrected chi connectivity index (χ2v) is 6.96. The zero-order valence-corrected chi connectivity index (χ0v) is 14.4. The molecule has 0 spiro atoms. The first kappa shape index (κ1) is 16.5. The first-order valence-electron chi connectivity index (χ1n) is 8.69. The summed E-state index contributed by atoms with van der Waals surface area (Å²) < 4.78 is 13.6. The van der Waals surface area contributed by atoms with E-state index >= 15 is 0 Å². The van der Waals surface area contributed by atoms with E-state index in [4.69, 9.17) is 9.47 Å². The van der Waals surface area contributed by atoms with Crippen LogP contribution in [0.1, 0.15) is 47.4 Å². The minimum atomic E-state index is -0.0292. The Balaban J connectivity index is 1.61. The van der Waals surface area contributed by atoms with E-state index < -0.39 is 0 Å². The maximum atomic E-state index is 12.6. The zero-order chi connectivity index (χ0) is 16.4. The van der Waals surface area contributed by atoms with Gasteiger partial charge in [0.15, 0.2) is 0 Å². The Hall–Kier alpha value is -1.33. The molecule has 2 heterocycles. The Bertz CT molecular complexity index is 563. The van der Waals surface area contributed by atoms with Gasteiger partial charge in [-0.15, -0.1) is 0 Å². The van der Waals surface area contributed by atoms with Gasteiger partial charge in [0.25, 0.3) is 5.91 Å². The molecule has 2 fully saturated rings. The van der Waals surface area contributed by atoms with E-state index in [1.807, 2.05) is 31.5 Å². The predicted molar refractivity (Wildman–Crippen MR) is 88.7 cm³/mol. The normalized spacial score (nSPS) is 25.2. The van der Waals surface area contributed by atoms with Gasteiger partial charge in [-0.05, 0) is 45.1 Å². The molecule has 128 valence electrons. The van der Waals surface area contributed by atoms with Crippen LogP contribution in [0.3, 0.4) is 0 Å². The van der Waals surface area contributed by atoms with Crippen molar-refractivity contribution in [2.45, 2.75) is 51.7 Å². The van der Waals surface area contributed by atoms with Gasteiger partial charge >= 0.3 is 0 Å². The summed E-state index contributed by atoms with van der Waals surface area (Å²) in [5, 5.41) is 3.17. The van der Waals surface area contributed by atoms with Crippen LogP contribution in [0.4, 0.5) is 0 Å². The molecule has 2 atom stereocenters. The number of aromatic nitrogens is 1. The third kappa shape index (κ3) is 3.61. The number of ether oxygens (including phenoxy) is 2. The number of rotatable bonds is 5. The lowest BCUT2D eigenvalue weighted by Crippen LogP contribution is -2.50.